The zero-order valence-electron chi connectivity index (χ0n) is 25.8. The van der Waals surface area contributed by atoms with E-state index in [1.807, 2.05) is 29.5 Å². The molecule has 0 atom stereocenters. The lowest BCUT2D eigenvalue weighted by Gasteiger charge is -2.10. The van der Waals surface area contributed by atoms with Gasteiger partial charge in [-0.25, -0.2) is 9.97 Å². The number of hydrogen-bond donors (Lipinski definition) is 0. The molecular formula is C44H27N3S. The van der Waals surface area contributed by atoms with Crippen molar-refractivity contribution in [2.24, 2.45) is 0 Å². The van der Waals surface area contributed by atoms with Gasteiger partial charge in [0.25, 0.3) is 0 Å². The molecule has 224 valence electrons. The number of aromatic nitrogens is 3. The second-order valence-electron chi connectivity index (χ2n) is 12.2. The zero-order chi connectivity index (χ0) is 31.6. The average Bonchev–Trinajstić information content (AvgIpc) is 3.71. The summed E-state index contributed by atoms with van der Waals surface area (Å²) in [5, 5.41) is 6.25. The fourth-order valence-corrected chi connectivity index (χ4v) is 8.60. The zero-order valence-corrected chi connectivity index (χ0v) is 26.7. The third-order valence-corrected chi connectivity index (χ3v) is 10.7. The molecule has 0 spiro atoms. The van der Waals surface area contributed by atoms with Crippen LogP contribution in [0.3, 0.4) is 0 Å². The molecule has 3 nitrogen and oxygen atoms in total. The number of nitrogens with zero attached hydrogens (tertiary/aromatic N) is 3. The number of fused-ring (bicyclic) bond motifs is 8. The summed E-state index contributed by atoms with van der Waals surface area (Å²) in [6.45, 7) is 0. The van der Waals surface area contributed by atoms with Crippen molar-refractivity contribution in [1.82, 2.24) is 14.5 Å². The van der Waals surface area contributed by atoms with Crippen LogP contribution in [0.15, 0.2) is 164 Å². The Morgan fingerprint density at radius 2 is 1.08 bits per heavy atom. The van der Waals surface area contributed by atoms with Gasteiger partial charge in [0.15, 0.2) is 5.82 Å². The second-order valence-corrected chi connectivity index (χ2v) is 13.2. The highest BCUT2D eigenvalue weighted by Gasteiger charge is 2.19. The molecule has 0 saturated heterocycles. The summed E-state index contributed by atoms with van der Waals surface area (Å²) in [5.74, 6) is 0.733. The van der Waals surface area contributed by atoms with Crippen LogP contribution in [0.1, 0.15) is 0 Å². The lowest BCUT2D eigenvalue weighted by Crippen LogP contribution is -1.95. The Balaban J connectivity index is 1.13. The largest absolute Gasteiger partial charge is 0.309 e. The van der Waals surface area contributed by atoms with Crippen molar-refractivity contribution >= 4 is 64.2 Å². The highest BCUT2D eigenvalue weighted by atomic mass is 32.1. The van der Waals surface area contributed by atoms with Gasteiger partial charge in [-0.3, -0.25) is 0 Å². The molecule has 48 heavy (non-hydrogen) atoms. The summed E-state index contributed by atoms with van der Waals surface area (Å²) >= 11 is 1.90. The highest BCUT2D eigenvalue weighted by Crippen LogP contribution is 2.46. The van der Waals surface area contributed by atoms with Gasteiger partial charge in [-0.15, -0.1) is 11.3 Å². The van der Waals surface area contributed by atoms with Crippen molar-refractivity contribution in [2.45, 2.75) is 0 Å². The Labute approximate surface area is 281 Å². The molecule has 0 saturated carbocycles. The van der Waals surface area contributed by atoms with Crippen LogP contribution in [0.2, 0.25) is 0 Å². The fraction of sp³-hybridized carbons (Fsp3) is 0. The molecule has 4 heteroatoms. The average molecular weight is 630 g/mol. The van der Waals surface area contributed by atoms with Crippen molar-refractivity contribution < 1.29 is 0 Å². The Bertz CT molecular complexity index is 2810. The van der Waals surface area contributed by atoms with E-state index in [0.717, 1.165) is 33.5 Å². The number of hydrogen-bond acceptors (Lipinski definition) is 3. The van der Waals surface area contributed by atoms with Crippen molar-refractivity contribution in [1.29, 1.82) is 0 Å². The smallest absolute Gasteiger partial charge is 0.160 e. The maximum atomic E-state index is 5.09. The standard InChI is InChI=1S/C44H27N3S/c1-3-12-29(13-4-1)41-35-16-7-9-20-37(35)45-44(46-41)30-24-22-28(23-25-30)32-18-11-19-33-34-26-27-39-40(43(34)48-42(32)33)36-17-8-10-21-38(36)47(39)31-14-5-2-6-15-31/h1-27H. The van der Waals surface area contributed by atoms with Crippen molar-refractivity contribution in [3.05, 3.63) is 164 Å². The first-order valence-corrected chi connectivity index (χ1v) is 17.0. The molecule has 0 radical (unpaired) electrons. The molecular weight excluding hydrogens is 603 g/mol. The molecule has 3 heterocycles. The molecule has 0 fully saturated rings. The Kier molecular flexibility index (Phi) is 6.05. The van der Waals surface area contributed by atoms with E-state index >= 15 is 0 Å². The molecule has 0 bridgehead atoms. The molecule has 0 N–H and O–H groups in total. The summed E-state index contributed by atoms with van der Waals surface area (Å²) in [6.07, 6.45) is 0. The van der Waals surface area contributed by atoms with Crippen molar-refractivity contribution in [3.8, 4) is 39.5 Å². The van der Waals surface area contributed by atoms with Gasteiger partial charge in [0.05, 0.1) is 22.2 Å². The van der Waals surface area contributed by atoms with E-state index in [0.29, 0.717) is 0 Å². The van der Waals surface area contributed by atoms with Crippen LogP contribution in [-0.2, 0) is 0 Å². The predicted molar refractivity (Wildman–Crippen MR) is 203 cm³/mol. The van der Waals surface area contributed by atoms with Gasteiger partial charge in [-0.1, -0.05) is 133 Å². The molecule has 0 aliphatic rings. The van der Waals surface area contributed by atoms with Gasteiger partial charge in [0, 0.05) is 53.1 Å². The number of para-hydroxylation sites is 3. The minimum atomic E-state index is 0.733. The fourth-order valence-electron chi connectivity index (χ4n) is 7.21. The maximum absolute atomic E-state index is 5.09. The van der Waals surface area contributed by atoms with Crippen LogP contribution < -0.4 is 0 Å². The van der Waals surface area contributed by atoms with Gasteiger partial charge < -0.3 is 4.57 Å². The van der Waals surface area contributed by atoms with E-state index in [4.69, 9.17) is 9.97 Å². The van der Waals surface area contributed by atoms with Gasteiger partial charge in [-0.2, -0.15) is 0 Å². The molecule has 0 amide bonds. The van der Waals surface area contributed by atoms with Crippen LogP contribution in [0.5, 0.6) is 0 Å². The minimum Gasteiger partial charge on any atom is -0.309 e. The highest BCUT2D eigenvalue weighted by molar-refractivity contribution is 7.27. The van der Waals surface area contributed by atoms with Crippen LogP contribution in [0, 0.1) is 0 Å². The van der Waals surface area contributed by atoms with Gasteiger partial charge in [0.1, 0.15) is 0 Å². The van der Waals surface area contributed by atoms with Crippen LogP contribution in [0.4, 0.5) is 0 Å². The lowest BCUT2D eigenvalue weighted by atomic mass is 10.0. The molecule has 10 rings (SSSR count). The first-order chi connectivity index (χ1) is 23.8. The number of benzene rings is 7. The number of rotatable bonds is 4. The number of thiophene rings is 1. The lowest BCUT2D eigenvalue weighted by molar-refractivity contribution is 1.18. The molecule has 0 aliphatic heterocycles. The van der Waals surface area contributed by atoms with Crippen LogP contribution in [0.25, 0.3) is 92.3 Å². The SMILES string of the molecule is c1ccc(-c2nc(-c3ccc(-c4cccc5c4sc4c5ccc5c4c4ccccc4n5-c4ccccc4)cc3)nc3ccccc23)cc1. The van der Waals surface area contributed by atoms with E-state index in [-0.39, 0.29) is 0 Å². The van der Waals surface area contributed by atoms with E-state index in [2.05, 4.69) is 150 Å². The predicted octanol–water partition coefficient (Wildman–Crippen LogP) is 12.1. The third-order valence-electron chi connectivity index (χ3n) is 9.42. The summed E-state index contributed by atoms with van der Waals surface area (Å²) < 4.78 is 5.03. The summed E-state index contributed by atoms with van der Waals surface area (Å²) in [4.78, 5) is 10.1. The third kappa shape index (κ3) is 4.13. The van der Waals surface area contributed by atoms with Gasteiger partial charge >= 0.3 is 0 Å². The quantitative estimate of drug-likeness (QED) is 0.194. The van der Waals surface area contributed by atoms with E-state index < -0.39 is 0 Å². The van der Waals surface area contributed by atoms with Crippen LogP contribution >= 0.6 is 11.3 Å². The molecule has 0 aliphatic carbocycles. The molecule has 3 aromatic heterocycles. The van der Waals surface area contributed by atoms with Crippen molar-refractivity contribution in [2.75, 3.05) is 0 Å². The molecule has 7 aromatic carbocycles. The maximum Gasteiger partial charge on any atom is 0.160 e. The summed E-state index contributed by atoms with van der Waals surface area (Å²) in [6, 6.07) is 58.1. The molecule has 0 unspecified atom stereocenters. The monoisotopic (exact) mass is 629 g/mol. The van der Waals surface area contributed by atoms with E-state index in [1.54, 1.807) is 0 Å². The Morgan fingerprint density at radius 1 is 0.417 bits per heavy atom. The van der Waals surface area contributed by atoms with Crippen molar-refractivity contribution in [3.63, 3.8) is 0 Å². The van der Waals surface area contributed by atoms with Gasteiger partial charge in [-0.05, 0) is 41.5 Å². The van der Waals surface area contributed by atoms with Crippen LogP contribution in [-0.4, -0.2) is 14.5 Å². The van der Waals surface area contributed by atoms with Gasteiger partial charge in [0.2, 0.25) is 0 Å². The molecule has 10 aromatic rings. The normalized spacial score (nSPS) is 11.8. The van der Waals surface area contributed by atoms with E-state index in [9.17, 15) is 0 Å². The first kappa shape index (κ1) is 27.1. The Hall–Kier alpha value is -6.10. The topological polar surface area (TPSA) is 30.7 Å². The summed E-state index contributed by atoms with van der Waals surface area (Å²) in [5.41, 5.74) is 10.1. The summed E-state index contributed by atoms with van der Waals surface area (Å²) in [7, 11) is 0. The Morgan fingerprint density at radius 3 is 1.92 bits per heavy atom. The second kappa shape index (κ2) is 10.7. The first-order valence-electron chi connectivity index (χ1n) is 16.2. The van der Waals surface area contributed by atoms with E-state index in [1.165, 1.54) is 58.8 Å². The minimum absolute atomic E-state index is 0.733.